The molecule has 0 saturated heterocycles. The SMILES string of the molecule is COc1ccccc1C(CN)Oc1cccc(C#N)c1. The summed E-state index contributed by atoms with van der Waals surface area (Å²) in [6.07, 6.45) is -0.319. The van der Waals surface area contributed by atoms with Crippen molar-refractivity contribution in [2.45, 2.75) is 6.10 Å². The standard InChI is InChI=1S/C16H16N2O2/c1-19-15-8-3-2-7-14(15)16(11-18)20-13-6-4-5-12(9-13)10-17/h2-9,16H,11,18H2,1H3. The van der Waals surface area contributed by atoms with Gasteiger partial charge in [-0.3, -0.25) is 0 Å². The van der Waals surface area contributed by atoms with Crippen molar-refractivity contribution in [2.24, 2.45) is 5.73 Å². The highest BCUT2D eigenvalue weighted by Crippen LogP contribution is 2.28. The van der Waals surface area contributed by atoms with Gasteiger partial charge < -0.3 is 15.2 Å². The molecule has 102 valence electrons. The molecule has 0 fully saturated rings. The lowest BCUT2D eigenvalue weighted by Gasteiger charge is -2.20. The minimum Gasteiger partial charge on any atom is -0.496 e. The third kappa shape index (κ3) is 3.08. The molecular weight excluding hydrogens is 252 g/mol. The van der Waals surface area contributed by atoms with Crippen molar-refractivity contribution < 1.29 is 9.47 Å². The van der Waals surface area contributed by atoms with E-state index in [9.17, 15) is 0 Å². The zero-order chi connectivity index (χ0) is 14.4. The molecule has 0 aliphatic rings. The second-order valence-corrected chi connectivity index (χ2v) is 4.22. The van der Waals surface area contributed by atoms with Crippen molar-refractivity contribution in [3.63, 3.8) is 0 Å². The predicted molar refractivity (Wildman–Crippen MR) is 76.6 cm³/mol. The first-order chi connectivity index (χ1) is 9.78. The average molecular weight is 268 g/mol. The highest BCUT2D eigenvalue weighted by Gasteiger charge is 2.16. The second-order valence-electron chi connectivity index (χ2n) is 4.22. The average Bonchev–Trinajstić information content (AvgIpc) is 2.52. The van der Waals surface area contributed by atoms with Gasteiger partial charge in [-0.05, 0) is 24.3 Å². The number of nitrogens with zero attached hydrogens (tertiary/aromatic N) is 1. The Morgan fingerprint density at radius 1 is 1.20 bits per heavy atom. The molecule has 2 aromatic carbocycles. The number of methoxy groups -OCH3 is 1. The number of hydrogen-bond donors (Lipinski definition) is 1. The van der Waals surface area contributed by atoms with Crippen molar-refractivity contribution in [3.8, 4) is 17.6 Å². The number of nitrogens with two attached hydrogens (primary N) is 1. The fourth-order valence-corrected chi connectivity index (χ4v) is 1.97. The van der Waals surface area contributed by atoms with Crippen LogP contribution in [0, 0.1) is 11.3 Å². The van der Waals surface area contributed by atoms with Crippen molar-refractivity contribution in [3.05, 3.63) is 59.7 Å². The molecular formula is C16H16N2O2. The minimum atomic E-state index is -0.319. The van der Waals surface area contributed by atoms with Crippen molar-refractivity contribution in [1.29, 1.82) is 5.26 Å². The lowest BCUT2D eigenvalue weighted by molar-refractivity contribution is 0.209. The van der Waals surface area contributed by atoms with Crippen molar-refractivity contribution in [1.82, 2.24) is 0 Å². The van der Waals surface area contributed by atoms with Gasteiger partial charge >= 0.3 is 0 Å². The largest absolute Gasteiger partial charge is 0.496 e. The Kier molecular flexibility index (Phi) is 4.59. The quantitative estimate of drug-likeness (QED) is 0.905. The van der Waals surface area contributed by atoms with Crippen molar-refractivity contribution >= 4 is 0 Å². The molecule has 2 rings (SSSR count). The van der Waals surface area contributed by atoms with E-state index in [-0.39, 0.29) is 6.10 Å². The molecule has 0 aromatic heterocycles. The molecule has 2 N–H and O–H groups in total. The first-order valence-corrected chi connectivity index (χ1v) is 6.28. The van der Waals surface area contributed by atoms with Gasteiger partial charge in [0, 0.05) is 12.1 Å². The summed E-state index contributed by atoms with van der Waals surface area (Å²) < 4.78 is 11.2. The van der Waals surface area contributed by atoms with E-state index < -0.39 is 0 Å². The lowest BCUT2D eigenvalue weighted by Crippen LogP contribution is -2.19. The fourth-order valence-electron chi connectivity index (χ4n) is 1.97. The molecule has 0 aliphatic heterocycles. The summed E-state index contributed by atoms with van der Waals surface area (Å²) in [5, 5.41) is 8.90. The van der Waals surface area contributed by atoms with E-state index in [4.69, 9.17) is 20.5 Å². The van der Waals surface area contributed by atoms with Crippen LogP contribution in [0.1, 0.15) is 17.2 Å². The van der Waals surface area contributed by atoms with Gasteiger partial charge in [0.25, 0.3) is 0 Å². The molecule has 0 spiro atoms. The zero-order valence-electron chi connectivity index (χ0n) is 11.2. The maximum Gasteiger partial charge on any atom is 0.139 e. The van der Waals surface area contributed by atoms with Crippen molar-refractivity contribution in [2.75, 3.05) is 13.7 Å². The summed E-state index contributed by atoms with van der Waals surface area (Å²) in [7, 11) is 1.61. The summed E-state index contributed by atoms with van der Waals surface area (Å²) in [6.45, 7) is 0.317. The first-order valence-electron chi connectivity index (χ1n) is 6.28. The fraction of sp³-hybridized carbons (Fsp3) is 0.188. The van der Waals surface area contributed by atoms with Gasteiger partial charge in [-0.2, -0.15) is 5.26 Å². The number of para-hydroxylation sites is 1. The van der Waals surface area contributed by atoms with E-state index >= 15 is 0 Å². The molecule has 0 heterocycles. The lowest BCUT2D eigenvalue weighted by atomic mass is 10.1. The van der Waals surface area contributed by atoms with E-state index in [1.807, 2.05) is 24.3 Å². The van der Waals surface area contributed by atoms with E-state index in [2.05, 4.69) is 6.07 Å². The highest BCUT2D eigenvalue weighted by atomic mass is 16.5. The van der Waals surface area contributed by atoms with Gasteiger partial charge in [0.05, 0.1) is 18.7 Å². The van der Waals surface area contributed by atoms with Crippen LogP contribution in [-0.4, -0.2) is 13.7 Å². The topological polar surface area (TPSA) is 68.3 Å². The summed E-state index contributed by atoms with van der Waals surface area (Å²) >= 11 is 0. The summed E-state index contributed by atoms with van der Waals surface area (Å²) in [4.78, 5) is 0. The Balaban J connectivity index is 2.26. The third-order valence-electron chi connectivity index (χ3n) is 2.94. The molecule has 0 radical (unpaired) electrons. The predicted octanol–water partition coefficient (Wildman–Crippen LogP) is 2.65. The van der Waals surface area contributed by atoms with Gasteiger partial charge in [0.1, 0.15) is 17.6 Å². The molecule has 20 heavy (non-hydrogen) atoms. The van der Waals surface area contributed by atoms with Gasteiger partial charge in [0.2, 0.25) is 0 Å². The van der Waals surface area contributed by atoms with E-state index in [1.54, 1.807) is 31.4 Å². The summed E-state index contributed by atoms with van der Waals surface area (Å²) in [5.41, 5.74) is 7.24. The first kappa shape index (κ1) is 13.9. The van der Waals surface area contributed by atoms with E-state index in [0.717, 1.165) is 11.3 Å². The van der Waals surface area contributed by atoms with Crippen LogP contribution in [-0.2, 0) is 0 Å². The van der Waals surface area contributed by atoms with Gasteiger partial charge in [0.15, 0.2) is 0 Å². The van der Waals surface area contributed by atoms with Crippen LogP contribution in [0.5, 0.6) is 11.5 Å². The third-order valence-corrected chi connectivity index (χ3v) is 2.94. The number of rotatable bonds is 5. The Hall–Kier alpha value is -2.51. The number of ether oxygens (including phenoxy) is 2. The van der Waals surface area contributed by atoms with Crippen LogP contribution in [0.3, 0.4) is 0 Å². The van der Waals surface area contributed by atoms with Crippen LogP contribution in [0.25, 0.3) is 0 Å². The summed E-state index contributed by atoms with van der Waals surface area (Å²) in [5.74, 6) is 1.35. The Bertz CT molecular complexity index is 620. The Labute approximate surface area is 118 Å². The molecule has 4 heteroatoms. The van der Waals surface area contributed by atoms with E-state index in [1.165, 1.54) is 0 Å². The molecule has 2 aromatic rings. The normalized spacial score (nSPS) is 11.4. The van der Waals surface area contributed by atoms with Gasteiger partial charge in [-0.25, -0.2) is 0 Å². The van der Waals surface area contributed by atoms with Gasteiger partial charge in [-0.1, -0.05) is 24.3 Å². The molecule has 0 bridgehead atoms. The molecule has 0 aliphatic carbocycles. The second kappa shape index (κ2) is 6.60. The molecule has 1 unspecified atom stereocenters. The number of hydrogen-bond acceptors (Lipinski definition) is 4. The Morgan fingerprint density at radius 3 is 2.70 bits per heavy atom. The van der Waals surface area contributed by atoms with Gasteiger partial charge in [-0.15, -0.1) is 0 Å². The molecule has 4 nitrogen and oxygen atoms in total. The maximum atomic E-state index is 8.90. The minimum absolute atomic E-state index is 0.317. The van der Waals surface area contributed by atoms with E-state index in [0.29, 0.717) is 17.9 Å². The summed E-state index contributed by atoms with van der Waals surface area (Å²) in [6, 6.07) is 16.7. The maximum absolute atomic E-state index is 8.90. The Morgan fingerprint density at radius 2 is 2.00 bits per heavy atom. The van der Waals surface area contributed by atoms with Crippen LogP contribution >= 0.6 is 0 Å². The number of nitriles is 1. The highest BCUT2D eigenvalue weighted by molar-refractivity contribution is 5.39. The molecule has 0 amide bonds. The molecule has 0 saturated carbocycles. The van der Waals surface area contributed by atoms with Crippen LogP contribution in [0.2, 0.25) is 0 Å². The zero-order valence-corrected chi connectivity index (χ0v) is 11.2. The van der Waals surface area contributed by atoms with Crippen LogP contribution in [0.15, 0.2) is 48.5 Å². The monoisotopic (exact) mass is 268 g/mol. The smallest absolute Gasteiger partial charge is 0.139 e. The van der Waals surface area contributed by atoms with Crippen LogP contribution < -0.4 is 15.2 Å². The number of benzene rings is 2. The van der Waals surface area contributed by atoms with Crippen LogP contribution in [0.4, 0.5) is 0 Å². The molecule has 1 atom stereocenters.